The third-order valence-corrected chi connectivity index (χ3v) is 6.56. The van der Waals surface area contributed by atoms with E-state index in [4.69, 9.17) is 14.2 Å². The van der Waals surface area contributed by atoms with E-state index in [-0.39, 0.29) is 34.1 Å². The molecule has 0 radical (unpaired) electrons. The minimum Gasteiger partial charge on any atom is -0.457 e. The van der Waals surface area contributed by atoms with E-state index in [1.165, 1.54) is 18.3 Å². The van der Waals surface area contributed by atoms with E-state index >= 15 is 0 Å². The van der Waals surface area contributed by atoms with E-state index in [0.29, 0.717) is 5.75 Å². The molecule has 0 spiro atoms. The Morgan fingerprint density at radius 1 is 1.13 bits per heavy atom. The van der Waals surface area contributed by atoms with Crippen molar-refractivity contribution in [1.82, 2.24) is 0 Å². The molecule has 0 amide bonds. The highest BCUT2D eigenvalue weighted by Crippen LogP contribution is 2.18. The molecule has 1 aliphatic rings. The highest BCUT2D eigenvalue weighted by molar-refractivity contribution is 5.59. The molecule has 0 N–H and O–H groups in total. The van der Waals surface area contributed by atoms with Crippen LogP contribution in [0.3, 0.4) is 0 Å². The average Bonchev–Trinajstić information content (AvgIpc) is 2.52. The van der Waals surface area contributed by atoms with Gasteiger partial charge in [0.1, 0.15) is 5.75 Å². The van der Waals surface area contributed by atoms with Gasteiger partial charge in [0.2, 0.25) is 6.79 Å². The van der Waals surface area contributed by atoms with Crippen LogP contribution in [0.5, 0.6) is 5.75 Å². The highest BCUT2D eigenvalue weighted by atomic mass is 127. The summed E-state index contributed by atoms with van der Waals surface area (Å²) in [5.41, 5.74) is 2.71. The average molecular weight is 425 g/mol. The number of carbonyl (C=O) groups is 1. The molecule has 120 valence electrons. The maximum absolute atomic E-state index is 11.3. The topological polar surface area (TPSA) is 44.8 Å². The molecule has 0 aromatic heterocycles. The first kappa shape index (κ1) is 16.1. The van der Waals surface area contributed by atoms with E-state index in [1.54, 1.807) is 13.8 Å². The molecule has 4 nitrogen and oxygen atoms in total. The SMILES string of the molecule is CC(C)OC(=O)OCOc1ccc2c(c1)Cc1ccccc1[I+]2. The number of fused-ring (bicyclic) bond motifs is 2. The van der Waals surface area contributed by atoms with Gasteiger partial charge in [-0.25, -0.2) is 4.79 Å². The molecule has 1 aliphatic heterocycles. The second kappa shape index (κ2) is 7.21. The predicted octanol–water partition coefficient (Wildman–Crippen LogP) is 0.617. The first-order valence-corrected chi connectivity index (χ1v) is 9.59. The van der Waals surface area contributed by atoms with Crippen LogP contribution in [-0.4, -0.2) is 19.1 Å². The van der Waals surface area contributed by atoms with Crippen molar-refractivity contribution in [2.24, 2.45) is 0 Å². The fourth-order valence-corrected chi connectivity index (χ4v) is 5.07. The molecule has 0 saturated heterocycles. The van der Waals surface area contributed by atoms with Crippen LogP contribution in [0, 0.1) is 7.14 Å². The van der Waals surface area contributed by atoms with Crippen LogP contribution in [0.2, 0.25) is 0 Å². The minimum absolute atomic E-state index is 0.133. The Balaban J connectivity index is 1.61. The normalized spacial score (nSPS) is 12.3. The van der Waals surface area contributed by atoms with E-state index < -0.39 is 6.16 Å². The first-order valence-electron chi connectivity index (χ1n) is 7.43. The zero-order chi connectivity index (χ0) is 16.2. The Morgan fingerprint density at radius 3 is 2.74 bits per heavy atom. The molecule has 2 aromatic rings. The lowest BCUT2D eigenvalue weighted by atomic mass is 10.0. The maximum atomic E-state index is 11.3. The molecule has 0 aliphatic carbocycles. The summed E-state index contributed by atoms with van der Waals surface area (Å²) in [5.74, 6) is 0.712. The molecule has 3 rings (SSSR count). The van der Waals surface area contributed by atoms with Crippen LogP contribution in [0.1, 0.15) is 25.0 Å². The summed E-state index contributed by atoms with van der Waals surface area (Å²) in [7, 11) is 0. The zero-order valence-corrected chi connectivity index (χ0v) is 15.2. The van der Waals surface area contributed by atoms with Crippen molar-refractivity contribution in [2.75, 3.05) is 6.79 Å². The van der Waals surface area contributed by atoms with Crippen molar-refractivity contribution >= 4 is 6.16 Å². The second-order valence-corrected chi connectivity index (χ2v) is 8.30. The van der Waals surface area contributed by atoms with Gasteiger partial charge in [-0.3, -0.25) is 0 Å². The Morgan fingerprint density at radius 2 is 1.91 bits per heavy atom. The van der Waals surface area contributed by atoms with Crippen LogP contribution in [-0.2, 0) is 15.9 Å². The van der Waals surface area contributed by atoms with Crippen LogP contribution in [0.15, 0.2) is 42.5 Å². The minimum atomic E-state index is -0.710. The summed E-state index contributed by atoms with van der Waals surface area (Å²) >= 11 is -0.133. The van der Waals surface area contributed by atoms with Gasteiger partial charge in [0.15, 0.2) is 7.14 Å². The van der Waals surface area contributed by atoms with Crippen molar-refractivity contribution in [3.63, 3.8) is 0 Å². The molecule has 1 heterocycles. The van der Waals surface area contributed by atoms with Gasteiger partial charge in [-0.15, -0.1) is 0 Å². The summed E-state index contributed by atoms with van der Waals surface area (Å²) in [5, 5.41) is 0. The fraction of sp³-hybridized carbons (Fsp3) is 0.278. The van der Waals surface area contributed by atoms with Crippen molar-refractivity contribution < 1.29 is 40.2 Å². The zero-order valence-electron chi connectivity index (χ0n) is 13.0. The van der Waals surface area contributed by atoms with Crippen LogP contribution >= 0.6 is 0 Å². The van der Waals surface area contributed by atoms with Crippen molar-refractivity contribution in [3.8, 4) is 5.75 Å². The number of rotatable bonds is 4. The molecule has 0 fully saturated rings. The fourth-order valence-electron chi connectivity index (χ4n) is 2.29. The molecule has 0 saturated carbocycles. The van der Waals surface area contributed by atoms with Crippen molar-refractivity contribution in [3.05, 3.63) is 60.7 Å². The monoisotopic (exact) mass is 425 g/mol. The van der Waals surface area contributed by atoms with Gasteiger partial charge >= 0.3 is 27.4 Å². The van der Waals surface area contributed by atoms with Gasteiger partial charge in [0, 0.05) is 17.5 Å². The number of benzene rings is 2. The summed E-state index contributed by atoms with van der Waals surface area (Å²) in [6.45, 7) is 3.40. The molecule has 0 bridgehead atoms. The number of hydrogen-bond donors (Lipinski definition) is 0. The number of ether oxygens (including phenoxy) is 3. The Labute approximate surface area is 146 Å². The van der Waals surface area contributed by atoms with Crippen LogP contribution in [0.25, 0.3) is 0 Å². The molecule has 0 atom stereocenters. The molecule has 5 heteroatoms. The molecular weight excluding hydrogens is 407 g/mol. The lowest BCUT2D eigenvalue weighted by molar-refractivity contribution is -0.601. The quantitative estimate of drug-likeness (QED) is 0.350. The summed E-state index contributed by atoms with van der Waals surface area (Å²) in [4.78, 5) is 11.3. The van der Waals surface area contributed by atoms with Gasteiger partial charge in [0.25, 0.3) is 0 Å². The largest absolute Gasteiger partial charge is 0.511 e. The van der Waals surface area contributed by atoms with Crippen molar-refractivity contribution in [2.45, 2.75) is 26.4 Å². The number of hydrogen-bond acceptors (Lipinski definition) is 4. The Kier molecular flexibility index (Phi) is 5.05. The summed E-state index contributed by atoms with van der Waals surface area (Å²) in [6.07, 6.45) is 0.0200. The van der Waals surface area contributed by atoms with E-state index in [9.17, 15) is 4.79 Å². The predicted molar refractivity (Wildman–Crippen MR) is 81.3 cm³/mol. The number of carbonyl (C=O) groups excluding carboxylic acids is 1. The second-order valence-electron chi connectivity index (χ2n) is 5.44. The van der Waals surface area contributed by atoms with Gasteiger partial charge in [-0.1, -0.05) is 18.2 Å². The van der Waals surface area contributed by atoms with Gasteiger partial charge in [0.05, 0.1) is 6.10 Å². The van der Waals surface area contributed by atoms with E-state index in [0.717, 1.165) is 6.42 Å². The summed E-state index contributed by atoms with van der Waals surface area (Å²) in [6, 6.07) is 14.7. The lowest BCUT2D eigenvalue weighted by Crippen LogP contribution is -3.62. The van der Waals surface area contributed by atoms with E-state index in [1.807, 2.05) is 12.1 Å². The van der Waals surface area contributed by atoms with Crippen LogP contribution < -0.4 is 25.9 Å². The van der Waals surface area contributed by atoms with E-state index in [2.05, 4.69) is 30.3 Å². The number of halogens is 1. The first-order chi connectivity index (χ1) is 11.1. The van der Waals surface area contributed by atoms with Gasteiger partial charge in [-0.05, 0) is 38.1 Å². The Hall–Kier alpha value is -1.76. The molecule has 2 aromatic carbocycles. The Bertz CT molecular complexity index is 712. The maximum Gasteiger partial charge on any atom is 0.511 e. The third kappa shape index (κ3) is 4.16. The standard InChI is InChI=1S/C18H18IO4/c1-12(2)23-18(20)22-11-21-15-7-8-17-14(10-15)9-13-5-3-4-6-16(13)19-17/h3-8,10,12H,9,11H2,1-2H3/q+1. The third-order valence-electron chi connectivity index (χ3n) is 3.29. The van der Waals surface area contributed by atoms with Crippen molar-refractivity contribution in [1.29, 1.82) is 0 Å². The van der Waals surface area contributed by atoms with Crippen LogP contribution in [0.4, 0.5) is 4.79 Å². The molecule has 23 heavy (non-hydrogen) atoms. The molecule has 0 unspecified atom stereocenters. The lowest BCUT2D eigenvalue weighted by Gasteiger charge is -2.12. The molecular formula is C18H18IO4+. The summed E-state index contributed by atoms with van der Waals surface area (Å²) < 4.78 is 18.2. The highest BCUT2D eigenvalue weighted by Gasteiger charge is 2.29. The van der Waals surface area contributed by atoms with Gasteiger partial charge < -0.3 is 14.2 Å². The smallest absolute Gasteiger partial charge is 0.457 e. The van der Waals surface area contributed by atoms with Gasteiger partial charge in [-0.2, -0.15) is 0 Å².